The second-order valence-corrected chi connectivity index (χ2v) is 5.66. The Morgan fingerprint density at radius 3 is 2.65 bits per heavy atom. The van der Waals surface area contributed by atoms with Gasteiger partial charge in [0, 0.05) is 6.54 Å². The predicted octanol–water partition coefficient (Wildman–Crippen LogP) is 3.58. The number of methoxy groups -OCH3 is 2. The maximum Gasteiger partial charge on any atom is 0.257 e. The number of hydrogen-bond acceptors (Lipinski definition) is 4. The maximum absolute atomic E-state index is 12.8. The van der Waals surface area contributed by atoms with Crippen molar-refractivity contribution >= 4 is 5.91 Å². The van der Waals surface area contributed by atoms with Crippen LogP contribution in [0.2, 0.25) is 0 Å². The molecule has 1 atom stereocenters. The van der Waals surface area contributed by atoms with E-state index in [9.17, 15) is 4.79 Å². The van der Waals surface area contributed by atoms with Crippen molar-refractivity contribution in [1.82, 2.24) is 4.90 Å². The number of hydrogen-bond donors (Lipinski definition) is 0. The first-order valence-corrected chi connectivity index (χ1v) is 7.72. The van der Waals surface area contributed by atoms with Crippen molar-refractivity contribution in [2.75, 3.05) is 20.8 Å². The van der Waals surface area contributed by atoms with E-state index in [1.165, 1.54) is 0 Å². The van der Waals surface area contributed by atoms with Gasteiger partial charge in [0.1, 0.15) is 5.76 Å². The molecule has 2 heterocycles. The topological polar surface area (TPSA) is 51.9 Å². The van der Waals surface area contributed by atoms with Gasteiger partial charge in [0.05, 0.1) is 32.1 Å². The van der Waals surface area contributed by atoms with Gasteiger partial charge in [-0.1, -0.05) is 6.07 Å². The summed E-state index contributed by atoms with van der Waals surface area (Å²) in [5.74, 6) is 2.06. The Labute approximate surface area is 135 Å². The van der Waals surface area contributed by atoms with E-state index in [2.05, 4.69) is 0 Å². The van der Waals surface area contributed by atoms with Crippen LogP contribution in [-0.4, -0.2) is 31.6 Å². The van der Waals surface area contributed by atoms with Crippen LogP contribution < -0.4 is 9.47 Å². The second kappa shape index (κ2) is 6.36. The first kappa shape index (κ1) is 15.5. The van der Waals surface area contributed by atoms with Gasteiger partial charge in [-0.05, 0) is 43.5 Å². The van der Waals surface area contributed by atoms with Crippen molar-refractivity contribution in [2.45, 2.75) is 25.8 Å². The van der Waals surface area contributed by atoms with E-state index < -0.39 is 0 Å². The zero-order chi connectivity index (χ0) is 16.4. The summed E-state index contributed by atoms with van der Waals surface area (Å²) < 4.78 is 15.9. The van der Waals surface area contributed by atoms with Crippen molar-refractivity contribution in [3.8, 4) is 11.5 Å². The zero-order valence-electron chi connectivity index (χ0n) is 13.7. The van der Waals surface area contributed by atoms with E-state index in [1.54, 1.807) is 26.5 Å². The molecule has 0 spiro atoms. The largest absolute Gasteiger partial charge is 0.493 e. The molecule has 5 heteroatoms. The highest BCUT2D eigenvalue weighted by Crippen LogP contribution is 2.37. The summed E-state index contributed by atoms with van der Waals surface area (Å²) in [5.41, 5.74) is 1.70. The van der Waals surface area contributed by atoms with Crippen LogP contribution in [0.15, 0.2) is 34.9 Å². The molecule has 0 aliphatic carbocycles. The van der Waals surface area contributed by atoms with Crippen LogP contribution in [-0.2, 0) is 0 Å². The minimum Gasteiger partial charge on any atom is -0.493 e. The molecule has 23 heavy (non-hydrogen) atoms. The van der Waals surface area contributed by atoms with Crippen LogP contribution in [0.4, 0.5) is 0 Å². The van der Waals surface area contributed by atoms with Crippen LogP contribution in [0.5, 0.6) is 11.5 Å². The Morgan fingerprint density at radius 2 is 2.00 bits per heavy atom. The fourth-order valence-electron chi connectivity index (χ4n) is 3.18. The maximum atomic E-state index is 12.8. The Kier molecular flexibility index (Phi) is 4.28. The third-order valence-electron chi connectivity index (χ3n) is 4.40. The van der Waals surface area contributed by atoms with Crippen LogP contribution >= 0.6 is 0 Å². The average molecular weight is 315 g/mol. The fourth-order valence-corrected chi connectivity index (χ4v) is 3.18. The summed E-state index contributed by atoms with van der Waals surface area (Å²) in [4.78, 5) is 14.7. The van der Waals surface area contributed by atoms with E-state index in [4.69, 9.17) is 13.9 Å². The van der Waals surface area contributed by atoms with Gasteiger partial charge in [-0.25, -0.2) is 0 Å². The zero-order valence-corrected chi connectivity index (χ0v) is 13.7. The van der Waals surface area contributed by atoms with Crippen LogP contribution in [0.1, 0.15) is 40.6 Å². The highest BCUT2D eigenvalue weighted by molar-refractivity contribution is 5.95. The van der Waals surface area contributed by atoms with Crippen molar-refractivity contribution in [1.29, 1.82) is 0 Å². The van der Waals surface area contributed by atoms with Gasteiger partial charge in [-0.3, -0.25) is 4.79 Å². The number of carbonyl (C=O) groups excluding carboxylic acids is 1. The number of amides is 1. The minimum absolute atomic E-state index is 0.0218. The number of aryl methyl sites for hydroxylation is 1. The predicted molar refractivity (Wildman–Crippen MR) is 86.0 cm³/mol. The monoisotopic (exact) mass is 315 g/mol. The number of likely N-dealkylation sites (tertiary alicyclic amines) is 1. The summed E-state index contributed by atoms with van der Waals surface area (Å²) in [6, 6.07) is 7.63. The minimum atomic E-state index is 0.0218. The molecule has 1 saturated heterocycles. The molecule has 2 aromatic rings. The van der Waals surface area contributed by atoms with Crippen molar-refractivity contribution < 1.29 is 18.7 Å². The third kappa shape index (κ3) is 2.79. The Morgan fingerprint density at radius 1 is 1.22 bits per heavy atom. The average Bonchev–Trinajstić information content (AvgIpc) is 3.22. The van der Waals surface area contributed by atoms with Gasteiger partial charge in [-0.15, -0.1) is 0 Å². The fraction of sp³-hybridized carbons (Fsp3) is 0.389. The first-order chi connectivity index (χ1) is 11.2. The van der Waals surface area contributed by atoms with Gasteiger partial charge in [0.2, 0.25) is 0 Å². The molecule has 1 aliphatic rings. The third-order valence-corrected chi connectivity index (χ3v) is 4.40. The van der Waals surface area contributed by atoms with Crippen LogP contribution in [0.25, 0.3) is 0 Å². The lowest BCUT2D eigenvalue weighted by atomic mass is 10.0. The summed E-state index contributed by atoms with van der Waals surface area (Å²) in [6.07, 6.45) is 3.49. The smallest absolute Gasteiger partial charge is 0.257 e. The molecule has 0 N–H and O–H groups in total. The van der Waals surface area contributed by atoms with Gasteiger partial charge in [-0.2, -0.15) is 0 Å². The van der Waals surface area contributed by atoms with Crippen molar-refractivity contribution in [3.63, 3.8) is 0 Å². The number of furan rings is 1. The molecule has 1 unspecified atom stereocenters. The molecule has 1 aromatic carbocycles. The lowest BCUT2D eigenvalue weighted by Crippen LogP contribution is -2.30. The number of benzene rings is 1. The Hall–Kier alpha value is -2.43. The van der Waals surface area contributed by atoms with Gasteiger partial charge >= 0.3 is 0 Å². The molecule has 1 amide bonds. The molecular weight excluding hydrogens is 294 g/mol. The lowest BCUT2D eigenvalue weighted by Gasteiger charge is -2.25. The molecule has 5 nitrogen and oxygen atoms in total. The summed E-state index contributed by atoms with van der Waals surface area (Å²) in [5, 5.41) is 0. The van der Waals surface area contributed by atoms with E-state index in [0.29, 0.717) is 22.8 Å². The normalized spacial score (nSPS) is 17.3. The molecule has 122 valence electrons. The van der Waals surface area contributed by atoms with Gasteiger partial charge in [0.15, 0.2) is 11.5 Å². The van der Waals surface area contributed by atoms with E-state index >= 15 is 0 Å². The summed E-state index contributed by atoms with van der Waals surface area (Å²) >= 11 is 0. The molecule has 0 bridgehead atoms. The van der Waals surface area contributed by atoms with Crippen LogP contribution in [0, 0.1) is 6.92 Å². The summed E-state index contributed by atoms with van der Waals surface area (Å²) in [6.45, 7) is 2.57. The number of rotatable bonds is 4. The molecule has 1 aliphatic heterocycles. The Bertz CT molecular complexity index is 707. The molecule has 1 aromatic heterocycles. The SMILES string of the molecule is COc1ccc(C2CCCN2C(=O)c2ccoc2C)cc1OC. The number of nitrogens with zero attached hydrogens (tertiary/aromatic N) is 1. The molecule has 0 saturated carbocycles. The highest BCUT2D eigenvalue weighted by Gasteiger charge is 2.32. The van der Waals surface area contributed by atoms with Gasteiger partial charge in [0.25, 0.3) is 5.91 Å². The quantitative estimate of drug-likeness (QED) is 0.865. The van der Waals surface area contributed by atoms with E-state index in [1.807, 2.05) is 30.0 Å². The molecule has 0 radical (unpaired) electrons. The lowest BCUT2D eigenvalue weighted by molar-refractivity contribution is 0.0733. The molecule has 1 fully saturated rings. The number of carbonyl (C=O) groups is 1. The van der Waals surface area contributed by atoms with E-state index in [-0.39, 0.29) is 11.9 Å². The highest BCUT2D eigenvalue weighted by atomic mass is 16.5. The van der Waals surface area contributed by atoms with Crippen LogP contribution in [0.3, 0.4) is 0 Å². The number of ether oxygens (including phenoxy) is 2. The second-order valence-electron chi connectivity index (χ2n) is 5.66. The molecular formula is C18H21NO4. The van der Waals surface area contributed by atoms with Crippen molar-refractivity contribution in [3.05, 3.63) is 47.4 Å². The standard InChI is InChI=1S/C18H21NO4/c1-12-14(8-10-23-12)18(20)19-9-4-5-15(19)13-6-7-16(21-2)17(11-13)22-3/h6-8,10-11,15H,4-5,9H2,1-3H3. The van der Waals surface area contributed by atoms with E-state index in [0.717, 1.165) is 24.9 Å². The van der Waals surface area contributed by atoms with Gasteiger partial charge < -0.3 is 18.8 Å². The summed E-state index contributed by atoms with van der Waals surface area (Å²) in [7, 11) is 3.23. The Balaban J connectivity index is 1.90. The first-order valence-electron chi connectivity index (χ1n) is 7.72. The molecule has 3 rings (SSSR count). The van der Waals surface area contributed by atoms with Crippen molar-refractivity contribution in [2.24, 2.45) is 0 Å².